The number of ether oxygens (including phenoxy) is 2. The molecule has 7 unspecified atom stereocenters. The van der Waals surface area contributed by atoms with E-state index >= 15 is 0 Å². The smallest absolute Gasteiger partial charge is 0.408 e. The fourth-order valence-corrected chi connectivity index (χ4v) is 9.76. The van der Waals surface area contributed by atoms with Crippen LogP contribution in [-0.4, -0.2) is 89.4 Å². The van der Waals surface area contributed by atoms with Crippen LogP contribution in [0.4, 0.5) is 4.79 Å². The van der Waals surface area contributed by atoms with Crippen LogP contribution in [0.5, 0.6) is 5.88 Å². The van der Waals surface area contributed by atoms with Gasteiger partial charge >= 0.3 is 6.09 Å². The van der Waals surface area contributed by atoms with Gasteiger partial charge in [0.05, 0.1) is 28.4 Å². The topological polar surface area (TPSA) is 169 Å². The number of amides is 3. The third kappa shape index (κ3) is 7.72. The Hall–Kier alpha value is -3.78. The van der Waals surface area contributed by atoms with Gasteiger partial charge in [0.25, 0.3) is 0 Å². The van der Waals surface area contributed by atoms with Gasteiger partial charge in [-0.05, 0) is 89.2 Å². The maximum Gasteiger partial charge on any atom is 0.408 e. The number of nitrogens with one attached hydrogen (secondary N) is 3. The first-order chi connectivity index (χ1) is 24.5. The summed E-state index contributed by atoms with van der Waals surface area (Å²) >= 11 is 0. The molecule has 1 aromatic carbocycles. The van der Waals surface area contributed by atoms with Crippen LogP contribution in [0.1, 0.15) is 89.7 Å². The summed E-state index contributed by atoms with van der Waals surface area (Å²) < 4.78 is 40.7. The summed E-state index contributed by atoms with van der Waals surface area (Å²) in [4.78, 5) is 52.7. The van der Waals surface area contributed by atoms with E-state index in [9.17, 15) is 22.8 Å². The average molecular weight is 723 g/mol. The SMILES string of the molecule is C=CC1CCC1(CNS(=O)(=O)C1CC1)NC(=O)C1CC2CN1C(=O)C(C)NC(=O)OC1CCCC1CCCCCc1nc3ccccc3nc1O2. The Morgan fingerprint density at radius 3 is 2.53 bits per heavy atom. The van der Waals surface area contributed by atoms with Gasteiger partial charge < -0.3 is 25.0 Å². The van der Waals surface area contributed by atoms with E-state index in [2.05, 4.69) is 21.9 Å². The molecule has 3 amide bonds. The summed E-state index contributed by atoms with van der Waals surface area (Å²) in [6, 6.07) is 5.73. The molecule has 0 radical (unpaired) electrons. The van der Waals surface area contributed by atoms with E-state index in [4.69, 9.17) is 19.4 Å². The molecule has 2 bridgehead atoms. The zero-order chi connectivity index (χ0) is 35.8. The number of hydrogen-bond donors (Lipinski definition) is 3. The van der Waals surface area contributed by atoms with E-state index in [1.165, 1.54) is 4.90 Å². The van der Waals surface area contributed by atoms with Crippen LogP contribution in [0, 0.1) is 11.8 Å². The third-order valence-electron chi connectivity index (χ3n) is 11.6. The number of fused-ring (bicyclic) bond motifs is 5. The standard InChI is InChI=1S/C37H50N6O7S/c1-3-25-18-19-37(25,22-38-51(47,48)27-16-17-27)42-33(44)31-20-26-21-43(31)35(45)23(2)39-36(46)50-32-15-9-11-24(32)10-5-4-6-14-30-34(49-26)41-29-13-8-7-12-28(29)40-30/h3,7-8,12-13,23-27,31-32,38H,1,4-6,9-11,14-22H2,2H3,(H,39,46)(H,42,44). The fourth-order valence-electron chi connectivity index (χ4n) is 8.31. The minimum atomic E-state index is -3.49. The van der Waals surface area contributed by atoms with Crippen LogP contribution in [0.15, 0.2) is 36.9 Å². The molecular formula is C37H50N6O7S. The zero-order valence-corrected chi connectivity index (χ0v) is 30.2. The van der Waals surface area contributed by atoms with Gasteiger partial charge in [0, 0.05) is 18.9 Å². The molecule has 4 fully saturated rings. The average Bonchev–Trinajstić information content (AvgIpc) is 3.76. The highest BCUT2D eigenvalue weighted by Crippen LogP contribution is 2.40. The van der Waals surface area contributed by atoms with Gasteiger partial charge in [0.2, 0.25) is 27.7 Å². The van der Waals surface area contributed by atoms with E-state index in [1.54, 1.807) is 13.0 Å². The van der Waals surface area contributed by atoms with Crippen molar-refractivity contribution in [2.45, 2.75) is 125 Å². The summed E-state index contributed by atoms with van der Waals surface area (Å²) in [5.41, 5.74) is 1.34. The van der Waals surface area contributed by atoms with Crippen LogP contribution in [-0.2, 0) is 30.8 Å². The number of carbonyl (C=O) groups is 3. The highest BCUT2D eigenvalue weighted by atomic mass is 32.2. The monoisotopic (exact) mass is 722 g/mol. The minimum absolute atomic E-state index is 0.0385. The summed E-state index contributed by atoms with van der Waals surface area (Å²) in [6.07, 6.45) is 10.4. The Balaban J connectivity index is 1.16. The normalized spacial score (nSPS) is 31.9. The summed E-state index contributed by atoms with van der Waals surface area (Å²) in [5, 5.41) is 5.48. The number of alkyl carbamates (subject to hydrolysis) is 1. The first-order valence-corrected chi connectivity index (χ1v) is 20.2. The number of sulfonamides is 1. The highest BCUT2D eigenvalue weighted by molar-refractivity contribution is 7.90. The number of benzene rings is 1. The molecule has 3 saturated carbocycles. The molecule has 51 heavy (non-hydrogen) atoms. The summed E-state index contributed by atoms with van der Waals surface area (Å²) in [5.74, 6) is -0.320. The van der Waals surface area contributed by atoms with Crippen molar-refractivity contribution in [1.29, 1.82) is 0 Å². The first kappa shape index (κ1) is 35.6. The number of aromatic nitrogens is 2. The lowest BCUT2D eigenvalue weighted by molar-refractivity contribution is -0.141. The zero-order valence-electron chi connectivity index (χ0n) is 29.3. The predicted octanol–water partition coefficient (Wildman–Crippen LogP) is 3.91. The van der Waals surface area contributed by atoms with E-state index in [0.717, 1.165) is 62.6 Å². The lowest BCUT2D eigenvalue weighted by atomic mass is 9.66. The van der Waals surface area contributed by atoms with E-state index in [1.807, 2.05) is 24.3 Å². The van der Waals surface area contributed by atoms with Crippen molar-refractivity contribution in [3.05, 3.63) is 42.6 Å². The van der Waals surface area contributed by atoms with Crippen LogP contribution >= 0.6 is 0 Å². The quantitative estimate of drug-likeness (QED) is 0.359. The predicted molar refractivity (Wildman–Crippen MR) is 190 cm³/mol. The molecule has 0 spiro atoms. The van der Waals surface area contributed by atoms with Crippen molar-refractivity contribution in [2.24, 2.45) is 11.8 Å². The molecule has 3 aliphatic carbocycles. The largest absolute Gasteiger partial charge is 0.471 e. The lowest BCUT2D eigenvalue weighted by Crippen LogP contribution is -2.67. The minimum Gasteiger partial charge on any atom is -0.471 e. The maximum absolute atomic E-state index is 14.3. The van der Waals surface area contributed by atoms with Crippen molar-refractivity contribution < 1.29 is 32.3 Å². The van der Waals surface area contributed by atoms with Gasteiger partial charge in [-0.3, -0.25) is 9.59 Å². The van der Waals surface area contributed by atoms with Gasteiger partial charge in [0.1, 0.15) is 30.0 Å². The molecule has 1 aromatic heterocycles. The van der Waals surface area contributed by atoms with Crippen molar-refractivity contribution in [3.8, 4) is 5.88 Å². The van der Waals surface area contributed by atoms with Crippen molar-refractivity contribution >= 4 is 39.0 Å². The fraction of sp³-hybridized carbons (Fsp3) is 0.649. The molecule has 7 atom stereocenters. The molecule has 13 nitrogen and oxygen atoms in total. The van der Waals surface area contributed by atoms with Gasteiger partial charge in [-0.1, -0.05) is 31.1 Å². The van der Waals surface area contributed by atoms with Gasteiger partial charge in [0.15, 0.2) is 0 Å². The van der Waals surface area contributed by atoms with E-state index in [0.29, 0.717) is 37.1 Å². The molecule has 14 heteroatoms. The van der Waals surface area contributed by atoms with Crippen molar-refractivity contribution in [3.63, 3.8) is 0 Å². The Labute approximate surface area is 299 Å². The van der Waals surface area contributed by atoms with Crippen LogP contribution in [0.25, 0.3) is 11.0 Å². The van der Waals surface area contributed by atoms with Gasteiger partial charge in [-0.25, -0.2) is 27.9 Å². The molecule has 1 saturated heterocycles. The van der Waals surface area contributed by atoms with Crippen LogP contribution in [0.2, 0.25) is 0 Å². The van der Waals surface area contributed by atoms with Gasteiger partial charge in [-0.15, -0.1) is 6.58 Å². The van der Waals surface area contributed by atoms with E-state index < -0.39 is 56.9 Å². The lowest BCUT2D eigenvalue weighted by Gasteiger charge is -2.49. The Morgan fingerprint density at radius 1 is 1.04 bits per heavy atom. The second-order valence-electron chi connectivity index (χ2n) is 15.1. The molecule has 7 rings (SSSR count). The molecule has 3 N–H and O–H groups in total. The van der Waals surface area contributed by atoms with Crippen LogP contribution < -0.4 is 20.1 Å². The second-order valence-corrected chi connectivity index (χ2v) is 17.2. The Kier molecular flexibility index (Phi) is 10.3. The second kappa shape index (κ2) is 14.7. The van der Waals surface area contributed by atoms with Crippen molar-refractivity contribution in [1.82, 2.24) is 30.2 Å². The number of hydrogen-bond acceptors (Lipinski definition) is 9. The maximum atomic E-state index is 14.3. The molecular weight excluding hydrogens is 673 g/mol. The van der Waals surface area contributed by atoms with E-state index in [-0.39, 0.29) is 37.5 Å². The Bertz CT molecular complexity index is 1770. The molecule has 2 aromatic rings. The molecule has 276 valence electrons. The summed E-state index contributed by atoms with van der Waals surface area (Å²) in [7, 11) is -3.49. The van der Waals surface area contributed by atoms with Gasteiger partial charge in [-0.2, -0.15) is 0 Å². The Morgan fingerprint density at radius 2 is 1.80 bits per heavy atom. The number of nitrogens with zero attached hydrogens (tertiary/aromatic N) is 3. The highest BCUT2D eigenvalue weighted by Gasteiger charge is 2.51. The van der Waals surface area contributed by atoms with Crippen LogP contribution in [0.3, 0.4) is 0 Å². The molecule has 3 heterocycles. The molecule has 2 aliphatic heterocycles. The first-order valence-electron chi connectivity index (χ1n) is 18.7. The molecule has 5 aliphatic rings. The number of rotatable bonds is 7. The number of para-hydroxylation sites is 2. The number of carbonyl (C=O) groups excluding carboxylic acids is 3. The summed E-state index contributed by atoms with van der Waals surface area (Å²) in [6.45, 7) is 5.67. The number of aryl methyl sites for hydroxylation is 1. The third-order valence-corrected chi connectivity index (χ3v) is 13.5. The van der Waals surface area contributed by atoms with Crippen molar-refractivity contribution in [2.75, 3.05) is 13.1 Å².